The maximum absolute atomic E-state index is 12.9. The average molecular weight is 359 g/mol. The Kier molecular flexibility index (Phi) is 6.11. The van der Waals surface area contributed by atoms with E-state index < -0.39 is 0 Å². The molecule has 26 heavy (non-hydrogen) atoms. The quantitative estimate of drug-likeness (QED) is 0.815. The number of rotatable bonds is 7. The topological polar surface area (TPSA) is 66.4 Å². The zero-order valence-electron chi connectivity index (χ0n) is 15.9. The van der Waals surface area contributed by atoms with Crippen LogP contribution >= 0.6 is 0 Å². The van der Waals surface area contributed by atoms with Crippen LogP contribution in [0.2, 0.25) is 0 Å². The Labute approximate surface area is 154 Å². The van der Waals surface area contributed by atoms with Crippen LogP contribution in [0, 0.1) is 13.8 Å². The number of morpholine rings is 1. The summed E-state index contributed by atoms with van der Waals surface area (Å²) in [5.41, 5.74) is 3.41. The molecule has 0 radical (unpaired) electrons. The van der Waals surface area contributed by atoms with Crippen molar-refractivity contribution in [2.75, 3.05) is 33.3 Å². The highest BCUT2D eigenvalue weighted by Gasteiger charge is 2.24. The molecule has 0 aromatic carbocycles. The van der Waals surface area contributed by atoms with Gasteiger partial charge in [-0.25, -0.2) is 0 Å². The Morgan fingerprint density at radius 1 is 1.46 bits per heavy atom. The summed E-state index contributed by atoms with van der Waals surface area (Å²) < 4.78 is 7.69. The molecule has 0 aliphatic carbocycles. The summed E-state index contributed by atoms with van der Waals surface area (Å²) in [7, 11) is 2.10. The van der Waals surface area contributed by atoms with Crippen LogP contribution in [0.15, 0.2) is 24.5 Å². The molecule has 1 saturated heterocycles. The molecule has 1 N–H and O–H groups in total. The van der Waals surface area contributed by atoms with Gasteiger partial charge in [-0.15, -0.1) is 0 Å². The molecular weight excluding hydrogens is 330 g/mol. The number of aromatic nitrogens is 3. The van der Waals surface area contributed by atoms with E-state index in [1.165, 1.54) is 5.56 Å². The molecule has 2 aromatic rings. The van der Waals surface area contributed by atoms with Crippen LogP contribution < -0.4 is 0 Å². The normalized spacial score (nSPS) is 18.2. The first-order valence-corrected chi connectivity index (χ1v) is 9.21. The molecule has 2 aromatic heterocycles. The van der Waals surface area contributed by atoms with E-state index in [2.05, 4.69) is 35.0 Å². The third kappa shape index (κ3) is 4.95. The molecule has 0 unspecified atom stereocenters. The van der Waals surface area contributed by atoms with Crippen LogP contribution in [-0.4, -0.2) is 69.9 Å². The molecule has 1 aliphatic rings. The van der Waals surface area contributed by atoms with Crippen molar-refractivity contribution in [1.29, 1.82) is 0 Å². The van der Waals surface area contributed by atoms with Crippen molar-refractivity contribution in [3.8, 4) is 0 Å². The van der Waals surface area contributed by atoms with E-state index in [1.54, 1.807) is 10.9 Å². The van der Waals surface area contributed by atoms with Gasteiger partial charge in [0.15, 0.2) is 0 Å². The van der Waals surface area contributed by atoms with Crippen molar-refractivity contribution in [1.82, 2.24) is 24.6 Å². The summed E-state index contributed by atoms with van der Waals surface area (Å²) in [6.45, 7) is 8.44. The van der Waals surface area contributed by atoms with E-state index in [4.69, 9.17) is 4.74 Å². The summed E-state index contributed by atoms with van der Waals surface area (Å²) in [6.07, 6.45) is 4.12. The number of likely N-dealkylation sites (N-methyl/N-ethyl adjacent to an activating group) is 1. The van der Waals surface area contributed by atoms with E-state index in [0.717, 1.165) is 31.1 Å². The summed E-state index contributed by atoms with van der Waals surface area (Å²) in [5.74, 6) is 0.135. The Balaban J connectivity index is 1.67. The fourth-order valence-electron chi connectivity index (χ4n) is 3.43. The van der Waals surface area contributed by atoms with Gasteiger partial charge in [-0.2, -0.15) is 5.10 Å². The molecule has 1 atom stereocenters. The third-order valence-corrected chi connectivity index (χ3v) is 4.85. The van der Waals surface area contributed by atoms with Crippen LogP contribution in [-0.2, 0) is 22.6 Å². The molecule has 1 fully saturated rings. The highest BCUT2D eigenvalue weighted by molar-refractivity contribution is 5.76. The molecule has 3 heterocycles. The Morgan fingerprint density at radius 3 is 2.96 bits per heavy atom. The average Bonchev–Trinajstić information content (AvgIpc) is 3.22. The molecular formula is C19H29N5O2. The summed E-state index contributed by atoms with van der Waals surface area (Å²) in [5, 5.41) is 4.18. The smallest absolute Gasteiger partial charge is 0.224 e. The van der Waals surface area contributed by atoms with E-state index in [-0.39, 0.29) is 12.0 Å². The monoisotopic (exact) mass is 359 g/mol. The second-order valence-corrected chi connectivity index (χ2v) is 7.15. The SMILES string of the molecule is Cc1cc(CN(C[C@@H]2CN(C)CCO2)C(=O)CCn2cccn2)c(C)[nH]1. The van der Waals surface area contributed by atoms with Crippen molar-refractivity contribution >= 4 is 5.91 Å². The number of carbonyl (C=O) groups excluding carboxylic acids is 1. The lowest BCUT2D eigenvalue weighted by Gasteiger charge is -2.34. The molecule has 1 amide bonds. The van der Waals surface area contributed by atoms with Gasteiger partial charge in [0.05, 0.1) is 12.7 Å². The number of amides is 1. The number of nitrogens with zero attached hydrogens (tertiary/aromatic N) is 4. The number of aryl methyl sites for hydroxylation is 3. The maximum Gasteiger partial charge on any atom is 0.224 e. The second-order valence-electron chi connectivity index (χ2n) is 7.15. The van der Waals surface area contributed by atoms with Crippen molar-refractivity contribution in [2.45, 2.75) is 39.5 Å². The van der Waals surface area contributed by atoms with Crippen molar-refractivity contribution in [3.05, 3.63) is 41.5 Å². The van der Waals surface area contributed by atoms with Gasteiger partial charge in [0.25, 0.3) is 0 Å². The van der Waals surface area contributed by atoms with Gasteiger partial charge in [0.2, 0.25) is 5.91 Å². The van der Waals surface area contributed by atoms with Crippen LogP contribution in [0.25, 0.3) is 0 Å². The number of hydrogen-bond acceptors (Lipinski definition) is 4. The first kappa shape index (κ1) is 18.7. The van der Waals surface area contributed by atoms with Crippen LogP contribution in [0.3, 0.4) is 0 Å². The summed E-state index contributed by atoms with van der Waals surface area (Å²) >= 11 is 0. The number of aromatic amines is 1. The standard InChI is InChI=1S/C19H29N5O2/c1-15-11-17(16(2)21-15)12-23(14-18-13-22(3)9-10-26-18)19(25)5-8-24-7-4-6-20-24/h4,6-7,11,18,21H,5,8-10,12-14H2,1-3H3/t18-/m0/s1. The van der Waals surface area contributed by atoms with Crippen molar-refractivity contribution in [2.24, 2.45) is 0 Å². The Morgan fingerprint density at radius 2 is 2.31 bits per heavy atom. The number of nitrogens with one attached hydrogen (secondary N) is 1. The number of H-pyrrole nitrogens is 1. The Bertz CT molecular complexity index is 710. The molecule has 7 heteroatoms. The first-order valence-electron chi connectivity index (χ1n) is 9.21. The number of hydrogen-bond donors (Lipinski definition) is 1. The van der Waals surface area contributed by atoms with Gasteiger partial charge >= 0.3 is 0 Å². The zero-order chi connectivity index (χ0) is 18.5. The van der Waals surface area contributed by atoms with Crippen LogP contribution in [0.5, 0.6) is 0 Å². The molecule has 3 rings (SSSR count). The lowest BCUT2D eigenvalue weighted by molar-refractivity contribution is -0.135. The lowest BCUT2D eigenvalue weighted by atomic mass is 10.2. The van der Waals surface area contributed by atoms with Gasteiger partial charge in [-0.05, 0) is 38.6 Å². The largest absolute Gasteiger partial charge is 0.374 e. The van der Waals surface area contributed by atoms with Crippen molar-refractivity contribution in [3.63, 3.8) is 0 Å². The number of ether oxygens (including phenoxy) is 1. The minimum absolute atomic E-state index is 0.0581. The fraction of sp³-hybridized carbons (Fsp3) is 0.579. The minimum Gasteiger partial charge on any atom is -0.374 e. The van der Waals surface area contributed by atoms with Crippen LogP contribution in [0.1, 0.15) is 23.4 Å². The molecule has 142 valence electrons. The van der Waals surface area contributed by atoms with E-state index in [9.17, 15) is 4.79 Å². The minimum atomic E-state index is 0.0581. The van der Waals surface area contributed by atoms with Gasteiger partial charge < -0.3 is 19.5 Å². The first-order chi connectivity index (χ1) is 12.5. The molecule has 7 nitrogen and oxygen atoms in total. The highest BCUT2D eigenvalue weighted by atomic mass is 16.5. The summed E-state index contributed by atoms with van der Waals surface area (Å²) in [4.78, 5) is 20.4. The molecule has 1 aliphatic heterocycles. The van der Waals surface area contributed by atoms with Crippen LogP contribution in [0.4, 0.5) is 0 Å². The predicted molar refractivity (Wildman–Crippen MR) is 99.8 cm³/mol. The molecule has 0 bridgehead atoms. The van der Waals surface area contributed by atoms with E-state index in [1.807, 2.05) is 24.1 Å². The van der Waals surface area contributed by atoms with E-state index >= 15 is 0 Å². The second kappa shape index (κ2) is 8.51. The fourth-order valence-corrected chi connectivity index (χ4v) is 3.43. The highest BCUT2D eigenvalue weighted by Crippen LogP contribution is 2.15. The van der Waals surface area contributed by atoms with Crippen molar-refractivity contribution < 1.29 is 9.53 Å². The molecule has 0 spiro atoms. The maximum atomic E-state index is 12.9. The lowest BCUT2D eigenvalue weighted by Crippen LogP contribution is -2.47. The summed E-state index contributed by atoms with van der Waals surface area (Å²) in [6, 6.07) is 4.00. The van der Waals surface area contributed by atoms with Gasteiger partial charge in [-0.1, -0.05) is 0 Å². The van der Waals surface area contributed by atoms with Gasteiger partial charge in [0.1, 0.15) is 0 Å². The van der Waals surface area contributed by atoms with E-state index in [0.29, 0.717) is 26.1 Å². The molecule has 0 saturated carbocycles. The number of carbonyl (C=O) groups is 1. The van der Waals surface area contributed by atoms with Gasteiger partial charge in [0, 0.05) is 62.9 Å². The van der Waals surface area contributed by atoms with Gasteiger partial charge in [-0.3, -0.25) is 9.48 Å². The third-order valence-electron chi connectivity index (χ3n) is 4.85. The Hall–Kier alpha value is -2.12. The zero-order valence-corrected chi connectivity index (χ0v) is 15.9. The predicted octanol–water partition coefficient (Wildman–Crippen LogP) is 1.58.